The summed E-state index contributed by atoms with van der Waals surface area (Å²) >= 11 is 0. The molecule has 94 valence electrons. The Morgan fingerprint density at radius 1 is 1.44 bits per heavy atom. The van der Waals surface area contributed by atoms with Gasteiger partial charge in [-0.3, -0.25) is 0 Å². The normalized spacial score (nSPS) is 14.8. The number of amides is 1. The number of alkyl carbamates (subject to hydrolysis) is 1. The van der Waals surface area contributed by atoms with Crippen molar-refractivity contribution in [2.45, 2.75) is 39.3 Å². The Morgan fingerprint density at radius 2 is 1.94 bits per heavy atom. The first kappa shape index (κ1) is 14.9. The van der Waals surface area contributed by atoms with Gasteiger partial charge in [-0.15, -0.1) is 0 Å². The van der Waals surface area contributed by atoms with Crippen LogP contribution in [0.4, 0.5) is 4.79 Å². The lowest BCUT2D eigenvalue weighted by atomic mass is 10.2. The summed E-state index contributed by atoms with van der Waals surface area (Å²) in [6.07, 6.45) is 0.402. The van der Waals surface area contributed by atoms with Crippen molar-refractivity contribution in [2.75, 3.05) is 0 Å². The highest BCUT2D eigenvalue weighted by Crippen LogP contribution is 2.06. The third kappa shape index (κ3) is 9.47. The summed E-state index contributed by atoms with van der Waals surface area (Å²) < 4.78 is 35.7. The molecule has 1 atom stereocenters. The van der Waals surface area contributed by atoms with Gasteiger partial charge in [0.15, 0.2) is 0 Å². The van der Waals surface area contributed by atoms with Gasteiger partial charge in [0.05, 0.1) is 0 Å². The topological polar surface area (TPSA) is 95.5 Å². The Bertz CT molecular complexity index is 366. The van der Waals surface area contributed by atoms with Gasteiger partial charge in [-0.05, 0) is 27.7 Å². The Hall–Kier alpha value is -1.08. The van der Waals surface area contributed by atoms with E-state index in [-0.39, 0.29) is 0 Å². The van der Waals surface area contributed by atoms with Gasteiger partial charge in [0.25, 0.3) is 0 Å². The first-order valence-electron chi connectivity index (χ1n) is 4.63. The summed E-state index contributed by atoms with van der Waals surface area (Å²) in [4.78, 5) is 11.2. The molecule has 0 aromatic carbocycles. The molecule has 0 aromatic heterocycles. The zero-order valence-electron chi connectivity index (χ0n) is 9.68. The molecule has 1 amide bonds. The molecule has 1 unspecified atom stereocenters. The molecule has 1 N–H and O–H groups in total. The number of nitrogens with one attached hydrogen (secondary N) is 1. The standard InChI is InChI=1S/C9H17NO5S/c1-7(5-6-16(12,13)14)10-8(11)15-9(2,3)4/h5-7H,1-4H3,(H,10,11)(H,12,13,14)/p-1/b6-5+. The molecule has 0 rings (SSSR count). The Kier molecular flexibility index (Phi) is 4.95. The third-order valence-corrected chi connectivity index (χ3v) is 1.77. The molecule has 6 nitrogen and oxygen atoms in total. The van der Waals surface area contributed by atoms with Crippen molar-refractivity contribution in [1.29, 1.82) is 0 Å². The summed E-state index contributed by atoms with van der Waals surface area (Å²) in [7, 11) is -4.41. The summed E-state index contributed by atoms with van der Waals surface area (Å²) in [6, 6.07) is -0.599. The van der Waals surface area contributed by atoms with Crippen molar-refractivity contribution < 1.29 is 22.5 Å². The van der Waals surface area contributed by atoms with Crippen LogP contribution in [0.15, 0.2) is 11.5 Å². The molecule has 0 radical (unpaired) electrons. The van der Waals surface area contributed by atoms with Crippen LogP contribution in [0.3, 0.4) is 0 Å². The van der Waals surface area contributed by atoms with Gasteiger partial charge in [0, 0.05) is 11.4 Å². The van der Waals surface area contributed by atoms with Gasteiger partial charge >= 0.3 is 6.09 Å². The van der Waals surface area contributed by atoms with E-state index in [1.807, 2.05) is 0 Å². The zero-order valence-corrected chi connectivity index (χ0v) is 10.5. The van der Waals surface area contributed by atoms with Gasteiger partial charge in [0.2, 0.25) is 0 Å². The van der Waals surface area contributed by atoms with E-state index in [0.717, 1.165) is 6.08 Å². The molecule has 0 heterocycles. The minimum Gasteiger partial charge on any atom is -0.744 e. The zero-order chi connectivity index (χ0) is 13.0. The minimum absolute atomic E-state index is 0.495. The fourth-order valence-electron chi connectivity index (χ4n) is 0.756. The SMILES string of the molecule is CC(/C=C/S(=O)(=O)[O-])NC(=O)OC(C)(C)C. The van der Waals surface area contributed by atoms with Crippen molar-refractivity contribution in [2.24, 2.45) is 0 Å². The Morgan fingerprint density at radius 3 is 2.31 bits per heavy atom. The molecule has 0 saturated carbocycles. The Labute approximate surface area is 95.4 Å². The van der Waals surface area contributed by atoms with Crippen LogP contribution < -0.4 is 5.32 Å². The van der Waals surface area contributed by atoms with E-state index < -0.39 is 27.9 Å². The molecule has 0 aliphatic heterocycles. The third-order valence-electron chi connectivity index (χ3n) is 1.28. The highest BCUT2D eigenvalue weighted by atomic mass is 32.2. The highest BCUT2D eigenvalue weighted by molar-refractivity contribution is 7.88. The van der Waals surface area contributed by atoms with Crippen molar-refractivity contribution in [3.8, 4) is 0 Å². The minimum atomic E-state index is -4.41. The number of rotatable bonds is 3. The fourth-order valence-corrected chi connectivity index (χ4v) is 1.18. The molecule has 0 saturated heterocycles. The number of hydrogen-bond donors (Lipinski definition) is 1. The summed E-state index contributed by atoms with van der Waals surface area (Å²) in [5.74, 6) is 0. The second-order valence-corrected chi connectivity index (χ2v) is 5.51. The smallest absolute Gasteiger partial charge is 0.408 e. The average molecular weight is 250 g/mol. The molecule has 0 aliphatic carbocycles. The van der Waals surface area contributed by atoms with E-state index in [4.69, 9.17) is 4.74 Å². The molecular weight excluding hydrogens is 234 g/mol. The van der Waals surface area contributed by atoms with Crippen LogP contribution in [0.1, 0.15) is 27.7 Å². The first-order valence-corrected chi connectivity index (χ1v) is 6.10. The van der Waals surface area contributed by atoms with Gasteiger partial charge in [-0.2, -0.15) is 0 Å². The van der Waals surface area contributed by atoms with Gasteiger partial charge < -0.3 is 14.6 Å². The molecule has 7 heteroatoms. The van der Waals surface area contributed by atoms with Crippen LogP contribution in [0.2, 0.25) is 0 Å². The molecule has 0 fully saturated rings. The summed E-state index contributed by atoms with van der Waals surface area (Å²) in [5, 5.41) is 2.85. The van der Waals surface area contributed by atoms with Crippen LogP contribution in [-0.2, 0) is 14.9 Å². The lowest BCUT2D eigenvalue weighted by molar-refractivity contribution is 0.0518. The molecule has 16 heavy (non-hydrogen) atoms. The predicted octanol–water partition coefficient (Wildman–Crippen LogP) is 0.958. The number of carbonyl (C=O) groups is 1. The summed E-state index contributed by atoms with van der Waals surface area (Å²) in [5.41, 5.74) is -0.627. The molecular formula is C9H16NO5S-. The Balaban J connectivity index is 4.22. The lowest BCUT2D eigenvalue weighted by Crippen LogP contribution is -2.36. The predicted molar refractivity (Wildman–Crippen MR) is 57.7 cm³/mol. The van der Waals surface area contributed by atoms with Crippen molar-refractivity contribution in [3.63, 3.8) is 0 Å². The molecule has 0 bridgehead atoms. The van der Waals surface area contributed by atoms with Crippen molar-refractivity contribution >= 4 is 16.2 Å². The van der Waals surface area contributed by atoms with Crippen molar-refractivity contribution in [1.82, 2.24) is 5.32 Å². The monoisotopic (exact) mass is 250 g/mol. The first-order chi connectivity index (χ1) is 6.99. The van der Waals surface area contributed by atoms with E-state index in [1.54, 1.807) is 20.8 Å². The number of carbonyl (C=O) groups excluding carboxylic acids is 1. The number of ether oxygens (including phenoxy) is 1. The number of hydrogen-bond acceptors (Lipinski definition) is 5. The van der Waals surface area contributed by atoms with Gasteiger partial charge in [-0.1, -0.05) is 6.08 Å². The van der Waals surface area contributed by atoms with E-state index in [2.05, 4.69) is 5.32 Å². The fraction of sp³-hybridized carbons (Fsp3) is 0.667. The van der Waals surface area contributed by atoms with Crippen molar-refractivity contribution in [3.05, 3.63) is 11.5 Å². The van der Waals surface area contributed by atoms with Crippen LogP contribution in [-0.4, -0.2) is 30.7 Å². The van der Waals surface area contributed by atoms with Crippen LogP contribution in [0.25, 0.3) is 0 Å². The summed E-state index contributed by atoms with van der Waals surface area (Å²) in [6.45, 7) is 6.63. The maximum Gasteiger partial charge on any atom is 0.408 e. The second-order valence-electron chi connectivity index (χ2n) is 4.26. The molecule has 0 aliphatic rings. The van der Waals surface area contributed by atoms with Gasteiger partial charge in [0.1, 0.15) is 15.7 Å². The largest absolute Gasteiger partial charge is 0.744 e. The second kappa shape index (κ2) is 5.31. The van der Waals surface area contributed by atoms with E-state index in [9.17, 15) is 17.8 Å². The molecule has 0 aromatic rings. The quantitative estimate of drug-likeness (QED) is 0.752. The van der Waals surface area contributed by atoms with Gasteiger partial charge in [-0.25, -0.2) is 13.2 Å². The average Bonchev–Trinajstić information content (AvgIpc) is 1.95. The highest BCUT2D eigenvalue weighted by Gasteiger charge is 2.16. The lowest BCUT2D eigenvalue weighted by Gasteiger charge is -2.21. The van der Waals surface area contributed by atoms with E-state index >= 15 is 0 Å². The van der Waals surface area contributed by atoms with E-state index in [1.165, 1.54) is 6.92 Å². The van der Waals surface area contributed by atoms with Crippen LogP contribution in [0, 0.1) is 0 Å². The van der Waals surface area contributed by atoms with Crippen LogP contribution >= 0.6 is 0 Å². The maximum atomic E-state index is 11.2. The maximum absolute atomic E-state index is 11.2. The van der Waals surface area contributed by atoms with E-state index in [0.29, 0.717) is 5.41 Å². The van der Waals surface area contributed by atoms with Crippen LogP contribution in [0.5, 0.6) is 0 Å². The molecule has 0 spiro atoms.